The van der Waals surface area contributed by atoms with Crippen LogP contribution in [-0.4, -0.2) is 69.2 Å². The Labute approximate surface area is 326 Å². The molecule has 8 rings (SSSR count). The molecule has 0 spiro atoms. The molecule has 2 saturated heterocycles. The second kappa shape index (κ2) is 20.0. The standard InChI is InChI=1S/C22H27N5.C21H25N5.C2H6/c1-15(2)17-5-7-18(8-6-17)19-12-20-21(25-11-10-24-20)22(27-19)26-14-16-4-3-9-23-13-16;1-2-15-5-7-17(8-6-15)18-12-19-20(24-11-10-23-19)21(26-18)25-14-16-4-3-9-22-13-16;1-2/h5-8,10-12,15-16,23H,3-4,9,13-14H2,1-2H3,(H,26,27);5-8,10-12,16,22H,2-4,9,13-14H2,1H3,(H,25,26);1-2H3. The third kappa shape index (κ3) is 10.6. The first-order valence-corrected chi connectivity index (χ1v) is 20.4. The molecule has 288 valence electrons. The highest BCUT2D eigenvalue weighted by Crippen LogP contribution is 2.28. The summed E-state index contributed by atoms with van der Waals surface area (Å²) in [6.45, 7) is 16.8. The first-order chi connectivity index (χ1) is 27.0. The van der Waals surface area contributed by atoms with Crippen molar-refractivity contribution in [1.82, 2.24) is 40.5 Å². The van der Waals surface area contributed by atoms with E-state index in [1.807, 2.05) is 26.0 Å². The third-order valence-electron chi connectivity index (χ3n) is 10.4. The van der Waals surface area contributed by atoms with E-state index in [1.54, 1.807) is 24.8 Å². The van der Waals surface area contributed by atoms with Gasteiger partial charge in [0.25, 0.3) is 0 Å². The van der Waals surface area contributed by atoms with Gasteiger partial charge < -0.3 is 21.3 Å². The zero-order valence-corrected chi connectivity index (χ0v) is 33.3. The van der Waals surface area contributed by atoms with Crippen LogP contribution in [-0.2, 0) is 6.42 Å². The Morgan fingerprint density at radius 2 is 1.09 bits per heavy atom. The molecule has 2 fully saturated rings. The molecule has 10 heteroatoms. The number of rotatable bonds is 10. The molecule has 2 unspecified atom stereocenters. The number of hydrogen-bond acceptors (Lipinski definition) is 10. The molecule has 0 bridgehead atoms. The van der Waals surface area contributed by atoms with Gasteiger partial charge in [0.2, 0.25) is 0 Å². The molecule has 10 nitrogen and oxygen atoms in total. The predicted octanol–water partition coefficient (Wildman–Crippen LogP) is 8.92. The Morgan fingerprint density at radius 1 is 0.636 bits per heavy atom. The average Bonchev–Trinajstić information content (AvgIpc) is 3.26. The number of anilines is 2. The highest BCUT2D eigenvalue weighted by Gasteiger charge is 2.17. The number of pyridine rings is 2. The van der Waals surface area contributed by atoms with Gasteiger partial charge in [0, 0.05) is 49.0 Å². The average molecular weight is 739 g/mol. The van der Waals surface area contributed by atoms with E-state index in [0.29, 0.717) is 17.8 Å². The van der Waals surface area contributed by atoms with E-state index in [1.165, 1.54) is 36.8 Å². The van der Waals surface area contributed by atoms with E-state index in [9.17, 15) is 0 Å². The van der Waals surface area contributed by atoms with Crippen molar-refractivity contribution in [1.29, 1.82) is 0 Å². The summed E-state index contributed by atoms with van der Waals surface area (Å²) in [5.41, 5.74) is 10.2. The van der Waals surface area contributed by atoms with Crippen LogP contribution in [0.3, 0.4) is 0 Å². The van der Waals surface area contributed by atoms with Crippen LogP contribution < -0.4 is 21.3 Å². The van der Waals surface area contributed by atoms with Crippen molar-refractivity contribution in [3.63, 3.8) is 0 Å². The van der Waals surface area contributed by atoms with Crippen LogP contribution >= 0.6 is 0 Å². The minimum Gasteiger partial charge on any atom is -0.368 e. The topological polar surface area (TPSA) is 125 Å². The Kier molecular flexibility index (Phi) is 14.4. The SMILES string of the molecule is CC.CC(C)c1ccc(-c2cc3nccnc3c(NCC3CCCNC3)n2)cc1.CCc1ccc(-c2cc3nccnc3c(NCC3CCCNC3)n2)cc1. The number of hydrogen-bond donors (Lipinski definition) is 4. The zero-order valence-electron chi connectivity index (χ0n) is 33.3. The summed E-state index contributed by atoms with van der Waals surface area (Å²) in [4.78, 5) is 27.8. The molecule has 0 radical (unpaired) electrons. The lowest BCUT2D eigenvalue weighted by molar-refractivity contribution is 0.392. The molecule has 0 aliphatic carbocycles. The van der Waals surface area contributed by atoms with Crippen LogP contribution in [0, 0.1) is 11.8 Å². The number of aromatic nitrogens is 6. The van der Waals surface area contributed by atoms with Crippen LogP contribution in [0.4, 0.5) is 11.6 Å². The van der Waals surface area contributed by atoms with Gasteiger partial charge in [-0.05, 0) is 99.3 Å². The van der Waals surface area contributed by atoms with Gasteiger partial charge in [-0.15, -0.1) is 0 Å². The van der Waals surface area contributed by atoms with Crippen molar-refractivity contribution in [3.05, 3.63) is 96.6 Å². The molecule has 4 N–H and O–H groups in total. The van der Waals surface area contributed by atoms with Gasteiger partial charge in [0.05, 0.1) is 22.4 Å². The summed E-state index contributed by atoms with van der Waals surface area (Å²) in [7, 11) is 0. The largest absolute Gasteiger partial charge is 0.368 e. The first-order valence-electron chi connectivity index (χ1n) is 20.4. The van der Waals surface area contributed by atoms with Gasteiger partial charge in [0.1, 0.15) is 11.0 Å². The number of piperidine rings is 2. The zero-order chi connectivity index (χ0) is 38.4. The molecular weight excluding hydrogens is 681 g/mol. The van der Waals surface area contributed by atoms with E-state index in [2.05, 4.69) is 111 Å². The molecule has 2 aliphatic rings. The van der Waals surface area contributed by atoms with Crippen LogP contribution in [0.2, 0.25) is 0 Å². The van der Waals surface area contributed by atoms with Crippen molar-refractivity contribution in [2.45, 2.75) is 72.6 Å². The molecular formula is C45H58N10. The number of fused-ring (bicyclic) bond motifs is 2. The summed E-state index contributed by atoms with van der Waals surface area (Å²) in [6, 6.07) is 21.3. The summed E-state index contributed by atoms with van der Waals surface area (Å²) in [5.74, 6) is 3.44. The Hall–Kier alpha value is -5.06. The van der Waals surface area contributed by atoms with Crippen LogP contribution in [0.1, 0.15) is 77.3 Å². The van der Waals surface area contributed by atoms with Gasteiger partial charge in [-0.3, -0.25) is 9.97 Å². The fraction of sp³-hybridized carbons (Fsp3) is 0.422. The second-order valence-corrected chi connectivity index (χ2v) is 14.6. The molecule has 2 aliphatic heterocycles. The maximum Gasteiger partial charge on any atom is 0.154 e. The van der Waals surface area contributed by atoms with Crippen LogP contribution in [0.5, 0.6) is 0 Å². The number of benzene rings is 2. The lowest BCUT2D eigenvalue weighted by Crippen LogP contribution is -2.33. The molecule has 2 aromatic carbocycles. The van der Waals surface area contributed by atoms with Crippen LogP contribution in [0.25, 0.3) is 44.6 Å². The molecule has 6 heterocycles. The van der Waals surface area contributed by atoms with Gasteiger partial charge in [-0.25, -0.2) is 19.9 Å². The fourth-order valence-corrected chi connectivity index (χ4v) is 7.11. The highest BCUT2D eigenvalue weighted by molar-refractivity contribution is 5.89. The summed E-state index contributed by atoms with van der Waals surface area (Å²) in [6.07, 6.45) is 13.0. The normalized spacial score (nSPS) is 16.8. The molecule has 55 heavy (non-hydrogen) atoms. The fourth-order valence-electron chi connectivity index (χ4n) is 7.11. The van der Waals surface area contributed by atoms with Crippen molar-refractivity contribution in [2.24, 2.45) is 11.8 Å². The minimum absolute atomic E-state index is 0.524. The summed E-state index contributed by atoms with van der Waals surface area (Å²) in [5, 5.41) is 14.0. The van der Waals surface area contributed by atoms with Crippen molar-refractivity contribution in [3.8, 4) is 22.5 Å². The van der Waals surface area contributed by atoms with Gasteiger partial charge in [-0.1, -0.05) is 83.1 Å². The minimum atomic E-state index is 0.524. The van der Waals surface area contributed by atoms with Crippen LogP contribution in [0.15, 0.2) is 85.5 Å². The van der Waals surface area contributed by atoms with Crippen molar-refractivity contribution < 1.29 is 0 Å². The van der Waals surface area contributed by atoms with E-state index in [0.717, 1.165) is 102 Å². The summed E-state index contributed by atoms with van der Waals surface area (Å²) < 4.78 is 0. The lowest BCUT2D eigenvalue weighted by Gasteiger charge is -2.23. The van der Waals surface area contributed by atoms with E-state index >= 15 is 0 Å². The van der Waals surface area contributed by atoms with Gasteiger partial charge in [0.15, 0.2) is 11.6 Å². The number of aryl methyl sites for hydroxylation is 1. The van der Waals surface area contributed by atoms with Gasteiger partial charge >= 0.3 is 0 Å². The lowest BCUT2D eigenvalue weighted by atomic mass is 9.99. The third-order valence-corrected chi connectivity index (χ3v) is 10.4. The maximum atomic E-state index is 4.90. The molecule has 0 amide bonds. The van der Waals surface area contributed by atoms with Crippen molar-refractivity contribution >= 4 is 33.7 Å². The molecule has 4 aromatic heterocycles. The monoisotopic (exact) mass is 738 g/mol. The number of nitrogens with zero attached hydrogens (tertiary/aromatic N) is 6. The van der Waals surface area contributed by atoms with E-state index in [-0.39, 0.29) is 0 Å². The molecule has 6 aromatic rings. The summed E-state index contributed by atoms with van der Waals surface area (Å²) >= 11 is 0. The van der Waals surface area contributed by atoms with Crippen molar-refractivity contribution in [2.75, 3.05) is 49.9 Å². The van der Waals surface area contributed by atoms with Gasteiger partial charge in [-0.2, -0.15) is 0 Å². The smallest absolute Gasteiger partial charge is 0.154 e. The van der Waals surface area contributed by atoms with E-state index < -0.39 is 0 Å². The second-order valence-electron chi connectivity index (χ2n) is 14.6. The number of nitrogens with one attached hydrogen (secondary N) is 4. The molecule has 2 atom stereocenters. The quantitative estimate of drug-likeness (QED) is 0.108. The maximum absolute atomic E-state index is 4.90. The predicted molar refractivity (Wildman–Crippen MR) is 229 cm³/mol. The molecule has 0 saturated carbocycles. The highest BCUT2D eigenvalue weighted by atomic mass is 15.0. The Balaban J connectivity index is 0.000000179. The Morgan fingerprint density at radius 3 is 1.51 bits per heavy atom. The van der Waals surface area contributed by atoms with E-state index in [4.69, 9.17) is 9.97 Å². The first kappa shape index (κ1) is 39.6. The Bertz CT molecular complexity index is 2070.